The maximum absolute atomic E-state index is 12.9. The van der Waals surface area contributed by atoms with Gasteiger partial charge in [-0.3, -0.25) is 13.9 Å². The Labute approximate surface area is 151 Å². The van der Waals surface area contributed by atoms with E-state index >= 15 is 0 Å². The Hall–Kier alpha value is -1.89. The van der Waals surface area contributed by atoms with Gasteiger partial charge in [-0.15, -0.1) is 0 Å². The summed E-state index contributed by atoms with van der Waals surface area (Å²) < 4.78 is 2.73. The maximum Gasteiger partial charge on any atom is 0.332 e. The summed E-state index contributed by atoms with van der Waals surface area (Å²) >= 11 is 0. The average molecular weight is 358 g/mol. The standard InChI is InChI=1S/C19H26N4O3/c1-2-3-23-18(25)15-17(22(4-5-24)19(23)26)21-16(20-15)14-12-7-10-6-11(9-12)13(14)8-10/h10-14,24H,2-9H2,1H3,(H,20,21). The van der Waals surface area contributed by atoms with Crippen molar-refractivity contribution < 1.29 is 5.11 Å². The lowest BCUT2D eigenvalue weighted by molar-refractivity contribution is 0.244. The van der Waals surface area contributed by atoms with Crippen LogP contribution >= 0.6 is 0 Å². The van der Waals surface area contributed by atoms with E-state index in [1.165, 1.54) is 34.8 Å². The quantitative estimate of drug-likeness (QED) is 0.846. The zero-order chi connectivity index (χ0) is 18.0. The van der Waals surface area contributed by atoms with Crippen LogP contribution in [0.4, 0.5) is 0 Å². The molecule has 140 valence electrons. The fourth-order valence-electron chi connectivity index (χ4n) is 6.23. The van der Waals surface area contributed by atoms with Gasteiger partial charge in [0.15, 0.2) is 5.65 Å². The predicted octanol–water partition coefficient (Wildman–Crippen LogP) is 1.44. The molecule has 6 rings (SSSR count). The van der Waals surface area contributed by atoms with Crippen molar-refractivity contribution in [2.45, 2.75) is 58.0 Å². The molecule has 2 N–H and O–H groups in total. The lowest BCUT2D eigenvalue weighted by atomic mass is 9.75. The van der Waals surface area contributed by atoms with Crippen LogP contribution in [-0.4, -0.2) is 30.8 Å². The van der Waals surface area contributed by atoms with Gasteiger partial charge in [0.25, 0.3) is 5.56 Å². The molecule has 4 fully saturated rings. The third kappa shape index (κ3) is 2.12. The molecule has 0 saturated heterocycles. The van der Waals surface area contributed by atoms with Crippen molar-refractivity contribution in [2.24, 2.45) is 23.7 Å². The first-order valence-corrected chi connectivity index (χ1v) is 9.96. The minimum absolute atomic E-state index is 0.153. The van der Waals surface area contributed by atoms with Gasteiger partial charge in [0.05, 0.1) is 13.2 Å². The first kappa shape index (κ1) is 16.3. The highest BCUT2D eigenvalue weighted by molar-refractivity contribution is 5.70. The highest BCUT2D eigenvalue weighted by Crippen LogP contribution is 2.63. The van der Waals surface area contributed by atoms with E-state index in [-0.39, 0.29) is 24.4 Å². The van der Waals surface area contributed by atoms with Gasteiger partial charge in [0, 0.05) is 12.5 Å². The monoisotopic (exact) mass is 358 g/mol. The average Bonchev–Trinajstić information content (AvgIpc) is 3.24. The van der Waals surface area contributed by atoms with Crippen molar-refractivity contribution in [3.8, 4) is 0 Å². The molecule has 2 aromatic rings. The van der Waals surface area contributed by atoms with E-state index < -0.39 is 0 Å². The number of nitrogens with zero attached hydrogens (tertiary/aromatic N) is 3. The molecule has 4 saturated carbocycles. The van der Waals surface area contributed by atoms with Crippen LogP contribution in [-0.2, 0) is 13.1 Å². The van der Waals surface area contributed by atoms with E-state index in [9.17, 15) is 14.7 Å². The Morgan fingerprint density at radius 2 is 1.92 bits per heavy atom. The van der Waals surface area contributed by atoms with E-state index in [0.717, 1.165) is 17.7 Å². The molecule has 0 aromatic carbocycles. The lowest BCUT2D eigenvalue weighted by Gasteiger charge is -2.30. The largest absolute Gasteiger partial charge is 0.395 e. The lowest BCUT2D eigenvalue weighted by Crippen LogP contribution is -2.40. The summed E-state index contributed by atoms with van der Waals surface area (Å²) in [5.74, 6) is 4.31. The summed E-state index contributed by atoms with van der Waals surface area (Å²) in [5.41, 5.74) is 0.171. The second-order valence-corrected chi connectivity index (χ2v) is 8.45. The molecule has 7 heteroatoms. The SMILES string of the molecule is CCCn1c(=O)c2[nH]c(C3C4CC5CC(C4)C3C5)nc2n(CCO)c1=O. The Kier molecular flexibility index (Phi) is 3.64. The molecule has 4 aliphatic rings. The zero-order valence-corrected chi connectivity index (χ0v) is 15.1. The van der Waals surface area contributed by atoms with Crippen LogP contribution in [0.5, 0.6) is 0 Å². The molecule has 26 heavy (non-hydrogen) atoms. The van der Waals surface area contributed by atoms with Gasteiger partial charge >= 0.3 is 5.69 Å². The van der Waals surface area contributed by atoms with Crippen LogP contribution in [0.3, 0.4) is 0 Å². The third-order valence-corrected chi connectivity index (χ3v) is 7.02. The summed E-state index contributed by atoms with van der Waals surface area (Å²) in [6.45, 7) is 2.33. The van der Waals surface area contributed by atoms with Crippen molar-refractivity contribution in [2.75, 3.05) is 6.61 Å². The number of rotatable bonds is 5. The second-order valence-electron chi connectivity index (χ2n) is 8.45. The highest BCUT2D eigenvalue weighted by atomic mass is 16.3. The number of nitrogens with one attached hydrogen (secondary N) is 1. The van der Waals surface area contributed by atoms with Crippen LogP contribution in [0.1, 0.15) is 50.8 Å². The number of imidazole rings is 1. The molecule has 5 unspecified atom stereocenters. The first-order chi connectivity index (χ1) is 12.6. The van der Waals surface area contributed by atoms with Crippen LogP contribution in [0, 0.1) is 23.7 Å². The minimum atomic E-state index is -0.370. The Bertz CT molecular complexity index is 968. The summed E-state index contributed by atoms with van der Waals surface area (Å²) in [6, 6.07) is 0. The van der Waals surface area contributed by atoms with E-state index in [1.807, 2.05) is 6.92 Å². The van der Waals surface area contributed by atoms with E-state index in [0.29, 0.717) is 41.9 Å². The molecule has 5 atom stereocenters. The van der Waals surface area contributed by atoms with Crippen molar-refractivity contribution in [3.63, 3.8) is 0 Å². The molecule has 0 aliphatic heterocycles. The van der Waals surface area contributed by atoms with Crippen LogP contribution in [0.15, 0.2) is 9.59 Å². The number of H-pyrrole nitrogens is 1. The van der Waals surface area contributed by atoms with Gasteiger partial charge in [-0.1, -0.05) is 6.92 Å². The number of aromatic nitrogens is 4. The van der Waals surface area contributed by atoms with E-state index in [1.54, 1.807) is 0 Å². The molecule has 4 bridgehead atoms. The zero-order valence-electron chi connectivity index (χ0n) is 15.1. The number of aromatic amines is 1. The Morgan fingerprint density at radius 1 is 1.12 bits per heavy atom. The molecule has 7 nitrogen and oxygen atoms in total. The third-order valence-electron chi connectivity index (χ3n) is 7.02. The van der Waals surface area contributed by atoms with Gasteiger partial charge in [-0.25, -0.2) is 9.78 Å². The molecule has 2 aromatic heterocycles. The topological polar surface area (TPSA) is 92.9 Å². The van der Waals surface area contributed by atoms with E-state index in [2.05, 4.69) is 4.98 Å². The number of aliphatic hydroxyl groups is 1. The number of hydrogen-bond donors (Lipinski definition) is 2. The van der Waals surface area contributed by atoms with Crippen molar-refractivity contribution >= 4 is 11.2 Å². The van der Waals surface area contributed by atoms with Gasteiger partial charge in [0.2, 0.25) is 0 Å². The van der Waals surface area contributed by atoms with Crippen molar-refractivity contribution in [1.29, 1.82) is 0 Å². The van der Waals surface area contributed by atoms with Crippen molar-refractivity contribution in [1.82, 2.24) is 19.1 Å². The first-order valence-electron chi connectivity index (χ1n) is 9.96. The van der Waals surface area contributed by atoms with Gasteiger partial charge in [-0.05, 0) is 55.8 Å². The number of hydrogen-bond acceptors (Lipinski definition) is 4. The molecule has 4 aliphatic carbocycles. The van der Waals surface area contributed by atoms with Gasteiger partial charge in [0.1, 0.15) is 11.3 Å². The maximum atomic E-state index is 12.9. The van der Waals surface area contributed by atoms with Crippen molar-refractivity contribution in [3.05, 3.63) is 26.7 Å². The Balaban J connectivity index is 1.67. The molecule has 0 radical (unpaired) electrons. The summed E-state index contributed by atoms with van der Waals surface area (Å²) in [6.07, 6.45) is 5.91. The minimum Gasteiger partial charge on any atom is -0.395 e. The fraction of sp³-hybridized carbons (Fsp3) is 0.737. The molecule has 0 spiro atoms. The molecular formula is C19H26N4O3. The molecular weight excluding hydrogens is 332 g/mol. The molecule has 0 amide bonds. The summed E-state index contributed by atoms with van der Waals surface area (Å²) in [7, 11) is 0. The predicted molar refractivity (Wildman–Crippen MR) is 97.2 cm³/mol. The van der Waals surface area contributed by atoms with Gasteiger partial charge in [-0.2, -0.15) is 0 Å². The van der Waals surface area contributed by atoms with Crippen LogP contribution in [0.2, 0.25) is 0 Å². The Morgan fingerprint density at radius 3 is 2.65 bits per heavy atom. The number of fused-ring (bicyclic) bond motifs is 1. The highest BCUT2D eigenvalue weighted by Gasteiger charge is 2.55. The fourth-order valence-corrected chi connectivity index (χ4v) is 6.23. The van der Waals surface area contributed by atoms with Crippen LogP contribution < -0.4 is 11.2 Å². The smallest absolute Gasteiger partial charge is 0.332 e. The summed E-state index contributed by atoms with van der Waals surface area (Å²) in [4.78, 5) is 33.7. The molecule has 2 heterocycles. The number of aliphatic hydroxyl groups excluding tert-OH is 1. The van der Waals surface area contributed by atoms with Crippen LogP contribution in [0.25, 0.3) is 11.2 Å². The van der Waals surface area contributed by atoms with E-state index in [4.69, 9.17) is 4.98 Å². The second kappa shape index (κ2) is 5.81. The summed E-state index contributed by atoms with van der Waals surface area (Å²) in [5, 5.41) is 9.40. The van der Waals surface area contributed by atoms with Gasteiger partial charge < -0.3 is 10.1 Å². The normalized spacial score (nSPS) is 32.2.